The van der Waals surface area contributed by atoms with Crippen LogP contribution in [0.25, 0.3) is 0 Å². The first-order valence-corrected chi connectivity index (χ1v) is 8.07. The molecule has 3 rings (SSSR count). The van der Waals surface area contributed by atoms with E-state index in [9.17, 15) is 20.1 Å². The normalized spacial score (nSPS) is 16.2. The zero-order valence-corrected chi connectivity index (χ0v) is 14.0. The fourth-order valence-electron chi connectivity index (χ4n) is 2.95. The number of rotatable bonds is 4. The third-order valence-electron chi connectivity index (χ3n) is 4.29. The van der Waals surface area contributed by atoms with Crippen LogP contribution in [-0.4, -0.2) is 21.1 Å². The van der Waals surface area contributed by atoms with E-state index in [1.54, 1.807) is 6.07 Å². The number of carbonyl (C=O) groups excluding carboxylic acids is 1. The number of aromatic hydroxyl groups is 3. The van der Waals surface area contributed by atoms with E-state index in [1.165, 1.54) is 6.07 Å². The van der Waals surface area contributed by atoms with Gasteiger partial charge in [-0.25, -0.2) is 0 Å². The minimum atomic E-state index is -0.581. The second kappa shape index (κ2) is 6.51. The number of allylic oxidation sites excluding steroid dienone is 1. The molecule has 2 aromatic carbocycles. The van der Waals surface area contributed by atoms with Crippen molar-refractivity contribution in [3.63, 3.8) is 0 Å². The summed E-state index contributed by atoms with van der Waals surface area (Å²) in [5, 5.41) is 29.7. The van der Waals surface area contributed by atoms with E-state index < -0.39 is 6.10 Å². The molecule has 0 amide bonds. The van der Waals surface area contributed by atoms with Crippen LogP contribution in [-0.2, 0) is 6.42 Å². The lowest BCUT2D eigenvalue weighted by atomic mass is 9.94. The number of ketones is 1. The number of fused-ring (bicyclic) bond motifs is 1. The third-order valence-corrected chi connectivity index (χ3v) is 4.29. The maximum atomic E-state index is 12.3. The van der Waals surface area contributed by atoms with Crippen molar-refractivity contribution >= 4 is 5.78 Å². The molecule has 0 fully saturated rings. The van der Waals surface area contributed by atoms with Gasteiger partial charge in [-0.05, 0) is 37.0 Å². The molecule has 1 heterocycles. The summed E-state index contributed by atoms with van der Waals surface area (Å²) in [5.74, 6) is -0.447. The highest BCUT2D eigenvalue weighted by atomic mass is 16.5. The largest absolute Gasteiger partial charge is 0.508 e. The Morgan fingerprint density at radius 1 is 1.20 bits per heavy atom. The van der Waals surface area contributed by atoms with Gasteiger partial charge in [-0.3, -0.25) is 4.79 Å². The van der Waals surface area contributed by atoms with Crippen LogP contribution in [0, 0.1) is 0 Å². The summed E-state index contributed by atoms with van der Waals surface area (Å²) in [5.41, 5.74) is 2.60. The van der Waals surface area contributed by atoms with Crippen LogP contribution in [0.5, 0.6) is 23.0 Å². The van der Waals surface area contributed by atoms with Crippen molar-refractivity contribution in [2.24, 2.45) is 0 Å². The maximum Gasteiger partial charge on any atom is 0.174 e. The predicted molar refractivity (Wildman–Crippen MR) is 93.3 cm³/mol. The first-order valence-electron chi connectivity index (χ1n) is 8.07. The smallest absolute Gasteiger partial charge is 0.174 e. The average molecular weight is 340 g/mol. The molecule has 3 N–H and O–H groups in total. The fourth-order valence-corrected chi connectivity index (χ4v) is 2.95. The van der Waals surface area contributed by atoms with Gasteiger partial charge in [0.25, 0.3) is 0 Å². The molecule has 25 heavy (non-hydrogen) atoms. The number of ether oxygens (including phenoxy) is 1. The molecule has 0 aromatic heterocycles. The SMILES string of the molecule is C=C(C)CCc1ccc(C2CC(=O)c3c(O)cc(O)cc3O2)cc1O. The highest BCUT2D eigenvalue weighted by molar-refractivity contribution is 6.02. The molecule has 130 valence electrons. The molecular weight excluding hydrogens is 320 g/mol. The summed E-state index contributed by atoms with van der Waals surface area (Å²) in [6.07, 6.45) is 0.950. The molecule has 5 nitrogen and oxygen atoms in total. The zero-order valence-electron chi connectivity index (χ0n) is 14.0. The van der Waals surface area contributed by atoms with Gasteiger partial charge in [-0.2, -0.15) is 0 Å². The number of carbonyl (C=O) groups is 1. The van der Waals surface area contributed by atoms with Crippen molar-refractivity contribution < 1.29 is 24.9 Å². The molecule has 1 aliphatic heterocycles. The molecule has 0 saturated heterocycles. The lowest BCUT2D eigenvalue weighted by Crippen LogP contribution is -2.20. The molecule has 5 heteroatoms. The molecule has 1 atom stereocenters. The first kappa shape index (κ1) is 16.9. The van der Waals surface area contributed by atoms with Gasteiger partial charge in [0.05, 0.1) is 6.42 Å². The van der Waals surface area contributed by atoms with Crippen molar-refractivity contribution in [2.45, 2.75) is 32.3 Å². The molecule has 0 saturated carbocycles. The maximum absolute atomic E-state index is 12.3. The van der Waals surface area contributed by atoms with Gasteiger partial charge in [0.1, 0.15) is 34.7 Å². The van der Waals surface area contributed by atoms with Gasteiger partial charge in [0.2, 0.25) is 0 Å². The molecule has 0 radical (unpaired) electrons. The summed E-state index contributed by atoms with van der Waals surface area (Å²) < 4.78 is 5.78. The lowest BCUT2D eigenvalue weighted by Gasteiger charge is -2.26. The van der Waals surface area contributed by atoms with Gasteiger partial charge < -0.3 is 20.1 Å². The minimum absolute atomic E-state index is 0.0515. The highest BCUT2D eigenvalue weighted by Gasteiger charge is 2.31. The van der Waals surface area contributed by atoms with Crippen LogP contribution in [0.2, 0.25) is 0 Å². The number of benzene rings is 2. The summed E-state index contributed by atoms with van der Waals surface area (Å²) in [4.78, 5) is 12.3. The minimum Gasteiger partial charge on any atom is -0.508 e. The van der Waals surface area contributed by atoms with Crippen molar-refractivity contribution in [3.05, 3.63) is 59.2 Å². The second-order valence-corrected chi connectivity index (χ2v) is 6.42. The first-order chi connectivity index (χ1) is 11.8. The Balaban J connectivity index is 1.87. The number of aryl methyl sites for hydroxylation is 1. The number of Topliss-reactive ketones (excluding diaryl/α,β-unsaturated/α-hetero) is 1. The number of hydrogen-bond donors (Lipinski definition) is 3. The van der Waals surface area contributed by atoms with Crippen molar-refractivity contribution in [1.82, 2.24) is 0 Å². The Morgan fingerprint density at radius 3 is 2.64 bits per heavy atom. The third kappa shape index (κ3) is 3.45. The Labute approximate surface area is 145 Å². The van der Waals surface area contributed by atoms with Crippen LogP contribution in [0.3, 0.4) is 0 Å². The van der Waals surface area contributed by atoms with Crippen LogP contribution >= 0.6 is 0 Å². The van der Waals surface area contributed by atoms with E-state index in [2.05, 4.69) is 6.58 Å². The Kier molecular flexibility index (Phi) is 4.40. The van der Waals surface area contributed by atoms with E-state index in [0.29, 0.717) is 12.0 Å². The Bertz CT molecular complexity index is 853. The predicted octanol–water partition coefficient (Wildman–Crippen LogP) is 4.02. The van der Waals surface area contributed by atoms with Gasteiger partial charge in [0, 0.05) is 12.1 Å². The van der Waals surface area contributed by atoms with Gasteiger partial charge in [-0.15, -0.1) is 6.58 Å². The molecule has 2 aromatic rings. The van der Waals surface area contributed by atoms with Gasteiger partial charge in [0.15, 0.2) is 5.78 Å². The van der Waals surface area contributed by atoms with E-state index >= 15 is 0 Å². The van der Waals surface area contributed by atoms with E-state index in [4.69, 9.17) is 4.74 Å². The molecule has 1 unspecified atom stereocenters. The fraction of sp³-hybridized carbons (Fsp3) is 0.250. The van der Waals surface area contributed by atoms with Crippen LogP contribution in [0.15, 0.2) is 42.5 Å². The number of hydrogen-bond acceptors (Lipinski definition) is 5. The molecular formula is C20H20O5. The highest BCUT2D eigenvalue weighted by Crippen LogP contribution is 2.42. The van der Waals surface area contributed by atoms with Gasteiger partial charge in [-0.1, -0.05) is 17.7 Å². The summed E-state index contributed by atoms with van der Waals surface area (Å²) in [6, 6.07) is 7.65. The van der Waals surface area contributed by atoms with Crippen LogP contribution in [0.4, 0.5) is 0 Å². The molecule has 0 spiro atoms. The lowest BCUT2D eigenvalue weighted by molar-refractivity contribution is 0.0844. The zero-order chi connectivity index (χ0) is 18.1. The summed E-state index contributed by atoms with van der Waals surface area (Å²) >= 11 is 0. The van der Waals surface area contributed by atoms with Gasteiger partial charge >= 0.3 is 0 Å². The van der Waals surface area contributed by atoms with Crippen molar-refractivity contribution in [1.29, 1.82) is 0 Å². The topological polar surface area (TPSA) is 87.0 Å². The van der Waals surface area contributed by atoms with Crippen molar-refractivity contribution in [2.75, 3.05) is 0 Å². The Hall–Kier alpha value is -2.95. The number of phenolic OH excluding ortho intramolecular Hbond substituents is 3. The Morgan fingerprint density at radius 2 is 1.96 bits per heavy atom. The van der Waals surface area contributed by atoms with E-state index in [-0.39, 0.29) is 40.8 Å². The molecule has 1 aliphatic rings. The quantitative estimate of drug-likeness (QED) is 0.732. The van der Waals surface area contributed by atoms with E-state index in [0.717, 1.165) is 23.6 Å². The summed E-state index contributed by atoms with van der Waals surface area (Å²) in [7, 11) is 0. The van der Waals surface area contributed by atoms with Crippen LogP contribution < -0.4 is 4.74 Å². The monoisotopic (exact) mass is 340 g/mol. The van der Waals surface area contributed by atoms with Crippen LogP contribution in [0.1, 0.15) is 47.4 Å². The van der Waals surface area contributed by atoms with Crippen molar-refractivity contribution in [3.8, 4) is 23.0 Å². The van der Waals surface area contributed by atoms with E-state index in [1.807, 2.05) is 19.1 Å². The number of phenols is 3. The molecule has 0 aliphatic carbocycles. The standard InChI is InChI=1S/C20H20O5/c1-11(2)3-4-12-5-6-13(7-15(12)22)18-10-17(24)20-16(23)8-14(21)9-19(20)25-18/h5-9,18,21-23H,1,3-4,10H2,2H3. The summed E-state index contributed by atoms with van der Waals surface area (Å²) in [6.45, 7) is 5.79. The second-order valence-electron chi connectivity index (χ2n) is 6.42. The molecule has 0 bridgehead atoms. The average Bonchev–Trinajstić information content (AvgIpc) is 2.52.